The summed E-state index contributed by atoms with van der Waals surface area (Å²) in [6, 6.07) is 39.7. The number of carboxylic acid groups (broad SMARTS) is 1. The first-order chi connectivity index (χ1) is 24.3. The molecule has 1 N–H and O–H groups in total. The van der Waals surface area contributed by atoms with E-state index >= 15 is 0 Å². The molecule has 3 heterocycles. The lowest BCUT2D eigenvalue weighted by molar-refractivity contribution is -0.132. The molecule has 4 nitrogen and oxygen atoms in total. The Morgan fingerprint density at radius 1 is 0.780 bits per heavy atom. The summed E-state index contributed by atoms with van der Waals surface area (Å²) < 4.78 is 2.52. The van der Waals surface area contributed by atoms with Crippen molar-refractivity contribution in [1.29, 1.82) is 0 Å². The molecule has 0 radical (unpaired) electrons. The van der Waals surface area contributed by atoms with E-state index in [4.69, 9.17) is 6.57 Å². The van der Waals surface area contributed by atoms with Crippen molar-refractivity contribution in [3.8, 4) is 48.3 Å². The summed E-state index contributed by atoms with van der Waals surface area (Å²) in [5, 5.41) is 10.7. The Hall–Kier alpha value is -5.48. The van der Waals surface area contributed by atoms with Crippen LogP contribution in [0.25, 0.3) is 70.1 Å². The minimum atomic E-state index is -1.20. The second-order valence-corrected chi connectivity index (χ2v) is 15.8. The van der Waals surface area contributed by atoms with Crippen LogP contribution in [0.4, 0.5) is 0 Å². The molecule has 9 rings (SSSR count). The molecule has 2 aliphatic rings. The zero-order valence-corrected chi connectivity index (χ0v) is 29.3. The van der Waals surface area contributed by atoms with Gasteiger partial charge in [-0.1, -0.05) is 80.6 Å². The van der Waals surface area contributed by atoms with Gasteiger partial charge >= 0.3 is 5.97 Å². The van der Waals surface area contributed by atoms with Crippen LogP contribution >= 0.6 is 22.7 Å². The molecule has 0 fully saturated rings. The predicted molar refractivity (Wildman–Crippen MR) is 207 cm³/mol. The van der Waals surface area contributed by atoms with Crippen LogP contribution < -0.4 is 0 Å². The van der Waals surface area contributed by atoms with Crippen molar-refractivity contribution in [3.63, 3.8) is 0 Å². The molecular weight excluding hydrogens is 653 g/mol. The van der Waals surface area contributed by atoms with Gasteiger partial charge in [0.25, 0.3) is 5.70 Å². The van der Waals surface area contributed by atoms with E-state index in [0.29, 0.717) is 0 Å². The summed E-state index contributed by atoms with van der Waals surface area (Å²) in [7, 11) is 0. The Labute approximate surface area is 299 Å². The first-order valence-electron chi connectivity index (χ1n) is 16.9. The van der Waals surface area contributed by atoms with Gasteiger partial charge < -0.3 is 9.67 Å². The van der Waals surface area contributed by atoms with Crippen LogP contribution in [0.1, 0.15) is 47.4 Å². The number of aryl methyl sites for hydroxylation is 2. The molecule has 4 aromatic carbocycles. The Morgan fingerprint density at radius 2 is 1.48 bits per heavy atom. The van der Waals surface area contributed by atoms with Gasteiger partial charge in [-0.2, -0.15) is 0 Å². The number of thiophene rings is 2. The molecule has 0 amide bonds. The first kappa shape index (κ1) is 30.6. The van der Waals surface area contributed by atoms with E-state index in [1.807, 2.05) is 12.1 Å². The SMILES string of the molecule is [C-]#[N+]C(=Cc1ccc(-c2ccc(-c3ccc4c5c3CCCc5c(-c3ccccc3)n4-c3ccc4c(c3)C(C)(C)c3ccccc3-4)s2)s1)C(=O)O. The smallest absolute Gasteiger partial charge is 0.333 e. The zero-order valence-electron chi connectivity index (χ0n) is 27.7. The van der Waals surface area contributed by atoms with Gasteiger partial charge in [-0.15, -0.1) is 22.7 Å². The topological polar surface area (TPSA) is 46.6 Å². The Balaban J connectivity index is 1.20. The molecule has 3 aromatic heterocycles. The number of hydrogen-bond acceptors (Lipinski definition) is 3. The maximum Gasteiger partial charge on any atom is 0.333 e. The van der Waals surface area contributed by atoms with E-state index < -0.39 is 5.97 Å². The van der Waals surface area contributed by atoms with Crippen LogP contribution in [-0.4, -0.2) is 15.6 Å². The van der Waals surface area contributed by atoms with Crippen LogP contribution in [0.3, 0.4) is 0 Å². The van der Waals surface area contributed by atoms with Gasteiger partial charge in [0.15, 0.2) is 0 Å². The molecule has 0 bridgehead atoms. The number of nitrogens with zero attached hydrogens (tertiary/aromatic N) is 2. The van der Waals surface area contributed by atoms with Crippen LogP contribution in [0.15, 0.2) is 115 Å². The van der Waals surface area contributed by atoms with Crippen molar-refractivity contribution in [2.45, 2.75) is 38.5 Å². The molecule has 242 valence electrons. The van der Waals surface area contributed by atoms with Gasteiger partial charge in [0.1, 0.15) is 0 Å². The number of benzene rings is 4. The average molecular weight is 685 g/mol. The molecule has 0 saturated carbocycles. The van der Waals surface area contributed by atoms with Crippen molar-refractivity contribution < 1.29 is 9.90 Å². The van der Waals surface area contributed by atoms with Gasteiger partial charge in [-0.25, -0.2) is 4.85 Å². The Bertz CT molecular complexity index is 2590. The maximum absolute atomic E-state index is 11.4. The number of rotatable bonds is 6. The van der Waals surface area contributed by atoms with Crippen LogP contribution in [-0.2, 0) is 23.1 Å². The molecule has 0 unspecified atom stereocenters. The molecule has 0 saturated heterocycles. The van der Waals surface area contributed by atoms with Crippen LogP contribution in [0.5, 0.6) is 0 Å². The number of carboxylic acids is 1. The number of aromatic nitrogens is 1. The highest BCUT2D eigenvalue weighted by atomic mass is 32.1. The second kappa shape index (κ2) is 11.6. The van der Waals surface area contributed by atoms with Crippen LogP contribution in [0, 0.1) is 6.57 Å². The molecule has 0 spiro atoms. The predicted octanol–water partition coefficient (Wildman–Crippen LogP) is 11.9. The molecule has 50 heavy (non-hydrogen) atoms. The first-order valence-corrected chi connectivity index (χ1v) is 18.5. The van der Waals surface area contributed by atoms with Crippen molar-refractivity contribution >= 4 is 45.6 Å². The molecule has 0 atom stereocenters. The Kier molecular flexibility index (Phi) is 7.06. The van der Waals surface area contributed by atoms with Crippen molar-refractivity contribution in [3.05, 3.63) is 153 Å². The minimum absolute atomic E-state index is 0.0844. The molecule has 0 aliphatic heterocycles. The highest BCUT2D eigenvalue weighted by Crippen LogP contribution is 2.51. The van der Waals surface area contributed by atoms with E-state index in [1.165, 1.54) is 89.1 Å². The molecular formula is C44H32N2O2S2. The maximum atomic E-state index is 11.4. The van der Waals surface area contributed by atoms with E-state index in [0.717, 1.165) is 33.9 Å². The third-order valence-corrected chi connectivity index (χ3v) is 12.8. The lowest BCUT2D eigenvalue weighted by atomic mass is 9.82. The summed E-state index contributed by atoms with van der Waals surface area (Å²) in [5.41, 5.74) is 14.2. The van der Waals surface area contributed by atoms with Crippen molar-refractivity contribution in [2.24, 2.45) is 0 Å². The summed E-state index contributed by atoms with van der Waals surface area (Å²) in [6.07, 6.45) is 4.62. The molecule has 7 aromatic rings. The second-order valence-electron chi connectivity index (χ2n) is 13.6. The summed E-state index contributed by atoms with van der Waals surface area (Å²) in [6.45, 7) is 11.9. The summed E-state index contributed by atoms with van der Waals surface area (Å²) in [4.78, 5) is 18.7. The van der Waals surface area contributed by atoms with Gasteiger partial charge in [0.2, 0.25) is 0 Å². The zero-order chi connectivity index (χ0) is 34.1. The molecule has 6 heteroatoms. The van der Waals surface area contributed by atoms with Crippen molar-refractivity contribution in [2.75, 3.05) is 0 Å². The number of carbonyl (C=O) groups is 1. The third-order valence-electron chi connectivity index (χ3n) is 10.4. The van der Waals surface area contributed by atoms with E-state index in [1.54, 1.807) is 11.3 Å². The van der Waals surface area contributed by atoms with Gasteiger partial charge in [-0.05, 0) is 112 Å². The lowest BCUT2D eigenvalue weighted by Gasteiger charge is -2.22. The monoisotopic (exact) mass is 684 g/mol. The fraction of sp³-hybridized carbons (Fsp3) is 0.136. The quantitative estimate of drug-likeness (QED) is 0.140. The highest BCUT2D eigenvalue weighted by molar-refractivity contribution is 7.24. The number of aliphatic carboxylic acids is 1. The highest BCUT2D eigenvalue weighted by Gasteiger charge is 2.36. The number of fused-ring (bicyclic) bond motifs is 3. The Morgan fingerprint density at radius 3 is 2.30 bits per heavy atom. The van der Waals surface area contributed by atoms with E-state index in [2.05, 4.69) is 120 Å². The third kappa shape index (κ3) is 4.65. The fourth-order valence-corrected chi connectivity index (χ4v) is 10.3. The number of hydrogen-bond donors (Lipinski definition) is 1. The fourth-order valence-electron chi connectivity index (χ4n) is 8.16. The lowest BCUT2D eigenvalue weighted by Crippen LogP contribution is -2.15. The average Bonchev–Trinajstić information content (AvgIpc) is 3.93. The van der Waals surface area contributed by atoms with Crippen molar-refractivity contribution in [1.82, 2.24) is 4.57 Å². The van der Waals surface area contributed by atoms with E-state index in [-0.39, 0.29) is 11.1 Å². The summed E-state index contributed by atoms with van der Waals surface area (Å²) >= 11 is 3.28. The van der Waals surface area contributed by atoms with E-state index in [9.17, 15) is 9.90 Å². The summed E-state index contributed by atoms with van der Waals surface area (Å²) in [5.74, 6) is -1.20. The standard InChI is InChI=1S/C44H32N2O2S2/c1-44(2)34-15-8-7-12-29(34)30-18-16-27(24-35(30)44)46-37-20-19-31(32-13-9-14-33(41(32)37)42(46)26-10-5-4-6-11-26)38-22-23-40(50-38)39-21-17-28(49-39)25-36(45-3)43(47)48/h4-8,10-12,15-25H,9,13-14H2,1-2H3,(H,47,48). The largest absolute Gasteiger partial charge is 0.486 e. The normalized spacial score (nSPS) is 14.4. The molecule has 2 aliphatic carbocycles. The van der Waals surface area contributed by atoms with Gasteiger partial charge in [0.05, 0.1) is 17.8 Å². The minimum Gasteiger partial charge on any atom is -0.486 e. The van der Waals surface area contributed by atoms with Gasteiger partial charge in [0, 0.05) is 36.0 Å². The van der Waals surface area contributed by atoms with Gasteiger partial charge in [-0.3, -0.25) is 4.79 Å². The van der Waals surface area contributed by atoms with Crippen LogP contribution in [0.2, 0.25) is 0 Å².